The molecule has 0 aliphatic carbocycles. The Balaban J connectivity index is 2.50. The Labute approximate surface area is 108 Å². The van der Waals surface area contributed by atoms with Crippen molar-refractivity contribution in [3.63, 3.8) is 0 Å². The molecule has 1 unspecified atom stereocenters. The maximum atomic E-state index is 10.8. The van der Waals surface area contributed by atoms with E-state index in [1.807, 2.05) is 18.3 Å². The van der Waals surface area contributed by atoms with E-state index in [1.165, 1.54) is 0 Å². The van der Waals surface area contributed by atoms with Crippen LogP contribution in [0.2, 0.25) is 0 Å². The van der Waals surface area contributed by atoms with Gasteiger partial charge in [0.15, 0.2) is 0 Å². The Morgan fingerprint density at radius 1 is 1.56 bits per heavy atom. The number of aromatic nitrogens is 1. The van der Waals surface area contributed by atoms with Crippen molar-refractivity contribution in [1.82, 2.24) is 15.6 Å². The summed E-state index contributed by atoms with van der Waals surface area (Å²) in [5.74, 6) is -0.843. The number of carboxylic acids is 1. The average molecular weight is 251 g/mol. The largest absolute Gasteiger partial charge is 0.480 e. The fourth-order valence-corrected chi connectivity index (χ4v) is 1.71. The molecule has 0 aliphatic rings. The van der Waals surface area contributed by atoms with Gasteiger partial charge < -0.3 is 15.7 Å². The molecule has 1 rings (SSSR count). The Kier molecular flexibility index (Phi) is 5.25. The third kappa shape index (κ3) is 4.09. The van der Waals surface area contributed by atoms with Gasteiger partial charge >= 0.3 is 5.97 Å². The first-order valence-electron chi connectivity index (χ1n) is 5.98. The van der Waals surface area contributed by atoms with Gasteiger partial charge in [-0.3, -0.25) is 9.78 Å². The van der Waals surface area contributed by atoms with Crippen LogP contribution in [0.1, 0.15) is 19.4 Å². The van der Waals surface area contributed by atoms with Crippen molar-refractivity contribution >= 4 is 5.97 Å². The van der Waals surface area contributed by atoms with Gasteiger partial charge in [-0.2, -0.15) is 0 Å². The second kappa shape index (κ2) is 6.47. The number of hydrogen-bond acceptors (Lipinski definition) is 4. The van der Waals surface area contributed by atoms with E-state index in [0.29, 0.717) is 13.1 Å². The van der Waals surface area contributed by atoms with Gasteiger partial charge in [0.2, 0.25) is 0 Å². The fraction of sp³-hybridized carbons (Fsp3) is 0.538. The molecule has 0 bridgehead atoms. The van der Waals surface area contributed by atoms with Crippen LogP contribution in [-0.2, 0) is 10.2 Å². The second-order valence-electron chi connectivity index (χ2n) is 4.94. The zero-order valence-electron chi connectivity index (χ0n) is 11.1. The number of aliphatic carboxylic acids is 1. The van der Waals surface area contributed by atoms with Crippen molar-refractivity contribution in [3.8, 4) is 0 Å². The lowest BCUT2D eigenvalue weighted by atomic mass is 9.85. The molecule has 0 aliphatic heterocycles. The number of rotatable bonds is 7. The molecule has 0 saturated heterocycles. The standard InChI is InChI=1S/C13H21N3O2/c1-13(2,10-5-4-6-15-7-10)9-16-8-11(14-3)12(17)18/h4-7,11,14,16H,8-9H2,1-3H3,(H,17,18). The summed E-state index contributed by atoms with van der Waals surface area (Å²) < 4.78 is 0. The number of nitrogens with zero attached hydrogens (tertiary/aromatic N) is 1. The summed E-state index contributed by atoms with van der Waals surface area (Å²) >= 11 is 0. The van der Waals surface area contributed by atoms with Crippen molar-refractivity contribution in [2.24, 2.45) is 0 Å². The maximum Gasteiger partial charge on any atom is 0.322 e. The second-order valence-corrected chi connectivity index (χ2v) is 4.94. The van der Waals surface area contributed by atoms with Gasteiger partial charge in [0.05, 0.1) is 0 Å². The zero-order chi connectivity index (χ0) is 13.6. The van der Waals surface area contributed by atoms with Gasteiger partial charge in [0.25, 0.3) is 0 Å². The first-order valence-corrected chi connectivity index (χ1v) is 5.98. The van der Waals surface area contributed by atoms with Gasteiger partial charge in [-0.1, -0.05) is 19.9 Å². The number of nitrogens with one attached hydrogen (secondary N) is 2. The molecule has 1 aromatic rings. The lowest BCUT2D eigenvalue weighted by Gasteiger charge is -2.26. The maximum absolute atomic E-state index is 10.8. The van der Waals surface area contributed by atoms with Crippen molar-refractivity contribution in [2.45, 2.75) is 25.3 Å². The predicted molar refractivity (Wildman–Crippen MR) is 70.6 cm³/mol. The molecule has 0 spiro atoms. The lowest BCUT2D eigenvalue weighted by Crippen LogP contribution is -2.45. The third-order valence-electron chi connectivity index (χ3n) is 3.00. The minimum atomic E-state index is -0.843. The van der Waals surface area contributed by atoms with Gasteiger partial charge in [0.1, 0.15) is 6.04 Å². The van der Waals surface area contributed by atoms with Crippen LogP contribution in [0.15, 0.2) is 24.5 Å². The predicted octanol–water partition coefficient (Wildman–Crippen LogP) is 0.621. The normalized spacial score (nSPS) is 13.3. The molecule has 0 aromatic carbocycles. The van der Waals surface area contributed by atoms with E-state index in [4.69, 9.17) is 5.11 Å². The Morgan fingerprint density at radius 2 is 2.28 bits per heavy atom. The highest BCUT2D eigenvalue weighted by molar-refractivity contribution is 5.73. The highest BCUT2D eigenvalue weighted by Crippen LogP contribution is 2.20. The molecule has 5 heteroatoms. The van der Waals surface area contributed by atoms with Crippen LogP contribution in [0.5, 0.6) is 0 Å². The van der Waals surface area contributed by atoms with Crippen LogP contribution in [0.25, 0.3) is 0 Å². The first kappa shape index (κ1) is 14.6. The topological polar surface area (TPSA) is 74.2 Å². The Bertz CT molecular complexity index is 379. The Hall–Kier alpha value is -1.46. The van der Waals surface area contributed by atoms with Gasteiger partial charge in [0, 0.05) is 30.9 Å². The number of likely N-dealkylation sites (N-methyl/N-ethyl adjacent to an activating group) is 1. The van der Waals surface area contributed by atoms with Crippen molar-refractivity contribution in [3.05, 3.63) is 30.1 Å². The molecule has 0 radical (unpaired) electrons. The van der Waals surface area contributed by atoms with Gasteiger partial charge in [-0.05, 0) is 18.7 Å². The number of pyridine rings is 1. The van der Waals surface area contributed by atoms with E-state index in [1.54, 1.807) is 13.2 Å². The molecule has 1 atom stereocenters. The minimum Gasteiger partial charge on any atom is -0.480 e. The Morgan fingerprint density at radius 3 is 2.78 bits per heavy atom. The number of carboxylic acid groups (broad SMARTS) is 1. The van der Waals surface area contributed by atoms with E-state index < -0.39 is 12.0 Å². The number of carbonyl (C=O) groups is 1. The molecule has 1 heterocycles. The van der Waals surface area contributed by atoms with E-state index in [-0.39, 0.29) is 5.41 Å². The zero-order valence-corrected chi connectivity index (χ0v) is 11.1. The van der Waals surface area contributed by atoms with Crippen LogP contribution in [0, 0.1) is 0 Å². The van der Waals surface area contributed by atoms with Gasteiger partial charge in [-0.25, -0.2) is 0 Å². The summed E-state index contributed by atoms with van der Waals surface area (Å²) in [5, 5.41) is 14.8. The van der Waals surface area contributed by atoms with E-state index in [9.17, 15) is 4.79 Å². The van der Waals surface area contributed by atoms with Crippen LogP contribution in [0.3, 0.4) is 0 Å². The molecule has 1 aromatic heterocycles. The first-order chi connectivity index (χ1) is 8.47. The molecule has 3 N–H and O–H groups in total. The number of hydrogen-bond donors (Lipinski definition) is 3. The quantitative estimate of drug-likeness (QED) is 0.662. The molecule has 0 amide bonds. The summed E-state index contributed by atoms with van der Waals surface area (Å²) in [7, 11) is 1.65. The molecular weight excluding hydrogens is 230 g/mol. The van der Waals surface area contributed by atoms with Crippen LogP contribution in [0.4, 0.5) is 0 Å². The summed E-state index contributed by atoms with van der Waals surface area (Å²) in [4.78, 5) is 14.9. The molecule has 0 saturated carbocycles. The van der Waals surface area contributed by atoms with Gasteiger partial charge in [-0.15, -0.1) is 0 Å². The fourth-order valence-electron chi connectivity index (χ4n) is 1.71. The average Bonchev–Trinajstić information content (AvgIpc) is 2.35. The van der Waals surface area contributed by atoms with Crippen LogP contribution >= 0.6 is 0 Å². The van der Waals surface area contributed by atoms with Crippen LogP contribution in [-0.4, -0.2) is 42.2 Å². The highest BCUT2D eigenvalue weighted by Gasteiger charge is 2.21. The molecule has 0 fully saturated rings. The monoisotopic (exact) mass is 251 g/mol. The van der Waals surface area contributed by atoms with Crippen molar-refractivity contribution < 1.29 is 9.90 Å². The highest BCUT2D eigenvalue weighted by atomic mass is 16.4. The summed E-state index contributed by atoms with van der Waals surface area (Å²) in [6.07, 6.45) is 3.59. The minimum absolute atomic E-state index is 0.0783. The molecule has 100 valence electrons. The summed E-state index contributed by atoms with van der Waals surface area (Å²) in [5.41, 5.74) is 1.05. The van der Waals surface area contributed by atoms with Crippen molar-refractivity contribution in [1.29, 1.82) is 0 Å². The van der Waals surface area contributed by atoms with E-state index in [2.05, 4.69) is 29.5 Å². The SMILES string of the molecule is CNC(CNCC(C)(C)c1cccnc1)C(=O)O. The van der Waals surface area contributed by atoms with Crippen LogP contribution < -0.4 is 10.6 Å². The molecular formula is C13H21N3O2. The lowest BCUT2D eigenvalue weighted by molar-refractivity contribution is -0.139. The van der Waals surface area contributed by atoms with E-state index >= 15 is 0 Å². The van der Waals surface area contributed by atoms with E-state index in [0.717, 1.165) is 5.56 Å². The third-order valence-corrected chi connectivity index (χ3v) is 3.00. The molecule has 18 heavy (non-hydrogen) atoms. The van der Waals surface area contributed by atoms with Crippen molar-refractivity contribution in [2.75, 3.05) is 20.1 Å². The summed E-state index contributed by atoms with van der Waals surface area (Å²) in [6.45, 7) is 5.30. The molecule has 5 nitrogen and oxygen atoms in total. The smallest absolute Gasteiger partial charge is 0.322 e. The summed E-state index contributed by atoms with van der Waals surface area (Å²) in [6, 6.07) is 3.38.